The van der Waals surface area contributed by atoms with E-state index in [4.69, 9.17) is 10.00 Å². The maximum absolute atomic E-state index is 9.67. The van der Waals surface area contributed by atoms with Gasteiger partial charge in [0.1, 0.15) is 0 Å². The van der Waals surface area contributed by atoms with Crippen LogP contribution in [0.3, 0.4) is 0 Å². The zero-order valence-electron chi connectivity index (χ0n) is 11.5. The summed E-state index contributed by atoms with van der Waals surface area (Å²) >= 11 is 0. The lowest BCUT2D eigenvalue weighted by molar-refractivity contribution is 0.0207. The number of hydrogen-bond acceptors (Lipinski definition) is 5. The zero-order valence-corrected chi connectivity index (χ0v) is 11.5. The highest BCUT2D eigenvalue weighted by molar-refractivity contribution is 4.93. The van der Waals surface area contributed by atoms with Gasteiger partial charge in [0.05, 0.1) is 24.8 Å². The fourth-order valence-electron chi connectivity index (χ4n) is 2.40. The zero-order chi connectivity index (χ0) is 13.4. The molecule has 0 amide bonds. The third-order valence-corrected chi connectivity index (χ3v) is 3.39. The van der Waals surface area contributed by atoms with Crippen molar-refractivity contribution in [3.05, 3.63) is 0 Å². The number of hydrogen-bond donors (Lipinski definition) is 1. The van der Waals surface area contributed by atoms with E-state index >= 15 is 0 Å². The van der Waals surface area contributed by atoms with Gasteiger partial charge >= 0.3 is 0 Å². The van der Waals surface area contributed by atoms with Crippen molar-refractivity contribution in [2.24, 2.45) is 0 Å². The molecule has 1 N–H and O–H groups in total. The van der Waals surface area contributed by atoms with E-state index < -0.39 is 6.10 Å². The first-order valence-electron chi connectivity index (χ1n) is 6.74. The van der Waals surface area contributed by atoms with Gasteiger partial charge in [-0.15, -0.1) is 0 Å². The molecule has 1 aliphatic rings. The van der Waals surface area contributed by atoms with E-state index in [1.807, 2.05) is 0 Å². The largest absolute Gasteiger partial charge is 0.389 e. The van der Waals surface area contributed by atoms with Gasteiger partial charge in [-0.1, -0.05) is 13.3 Å². The van der Waals surface area contributed by atoms with E-state index in [0.717, 1.165) is 39.0 Å². The Morgan fingerprint density at radius 3 is 2.50 bits per heavy atom. The minimum atomic E-state index is -0.413. The SMILES string of the molecule is CCCC(C#N)N1CCN(CC(O)COC)CC1. The molecule has 0 aromatic heterocycles. The Morgan fingerprint density at radius 1 is 1.33 bits per heavy atom. The number of aliphatic hydroxyl groups is 1. The number of nitriles is 1. The predicted octanol–water partition coefficient (Wildman–Crippen LogP) is 0.304. The Morgan fingerprint density at radius 2 is 2.00 bits per heavy atom. The Hall–Kier alpha value is -0.670. The Balaban J connectivity index is 2.30. The van der Waals surface area contributed by atoms with Gasteiger partial charge in [-0.2, -0.15) is 5.26 Å². The van der Waals surface area contributed by atoms with Crippen molar-refractivity contribution in [2.45, 2.75) is 31.9 Å². The number of aliphatic hydroxyl groups excluding tert-OH is 1. The molecule has 5 nitrogen and oxygen atoms in total. The van der Waals surface area contributed by atoms with Crippen molar-refractivity contribution in [1.82, 2.24) is 9.80 Å². The van der Waals surface area contributed by atoms with Gasteiger partial charge < -0.3 is 9.84 Å². The van der Waals surface area contributed by atoms with Gasteiger partial charge in [-0.3, -0.25) is 9.80 Å². The predicted molar refractivity (Wildman–Crippen MR) is 70.2 cm³/mol. The average Bonchev–Trinajstić information content (AvgIpc) is 2.37. The summed E-state index contributed by atoms with van der Waals surface area (Å²) in [5.41, 5.74) is 0. The van der Waals surface area contributed by atoms with Crippen LogP contribution >= 0.6 is 0 Å². The van der Waals surface area contributed by atoms with E-state index in [-0.39, 0.29) is 6.04 Å². The minimum absolute atomic E-state index is 0.0565. The van der Waals surface area contributed by atoms with Crippen LogP contribution in [0.25, 0.3) is 0 Å². The lowest BCUT2D eigenvalue weighted by atomic mass is 10.1. The molecule has 0 aromatic rings. The molecule has 1 rings (SSSR count). The van der Waals surface area contributed by atoms with Gasteiger partial charge in [0.2, 0.25) is 0 Å². The Kier molecular flexibility index (Phi) is 7.21. The minimum Gasteiger partial charge on any atom is -0.389 e. The molecule has 18 heavy (non-hydrogen) atoms. The van der Waals surface area contributed by atoms with Crippen LogP contribution in [0.5, 0.6) is 0 Å². The third-order valence-electron chi connectivity index (χ3n) is 3.39. The first-order valence-corrected chi connectivity index (χ1v) is 6.74. The first-order chi connectivity index (χ1) is 8.71. The number of β-amino-alcohol motifs (C(OH)–C–C–N with tert-alkyl or cyclic N) is 1. The highest BCUT2D eigenvalue weighted by Gasteiger charge is 2.23. The third kappa shape index (κ3) is 4.91. The summed E-state index contributed by atoms with van der Waals surface area (Å²) in [6.45, 7) is 6.83. The number of methoxy groups -OCH3 is 1. The van der Waals surface area contributed by atoms with Gasteiger partial charge in [0.15, 0.2) is 0 Å². The fourth-order valence-corrected chi connectivity index (χ4v) is 2.40. The molecular weight excluding hydrogens is 230 g/mol. The van der Waals surface area contributed by atoms with Crippen LogP contribution in [0.15, 0.2) is 0 Å². The highest BCUT2D eigenvalue weighted by Crippen LogP contribution is 2.10. The highest BCUT2D eigenvalue weighted by atomic mass is 16.5. The van der Waals surface area contributed by atoms with Crippen molar-refractivity contribution in [2.75, 3.05) is 46.4 Å². The van der Waals surface area contributed by atoms with E-state index in [1.165, 1.54) is 0 Å². The second kappa shape index (κ2) is 8.44. The van der Waals surface area contributed by atoms with Crippen molar-refractivity contribution < 1.29 is 9.84 Å². The molecule has 2 unspecified atom stereocenters. The molecule has 104 valence electrons. The lowest BCUT2D eigenvalue weighted by Crippen LogP contribution is -2.51. The summed E-state index contributed by atoms with van der Waals surface area (Å²) in [5.74, 6) is 0. The molecule has 0 bridgehead atoms. The van der Waals surface area contributed by atoms with Crippen LogP contribution < -0.4 is 0 Å². The summed E-state index contributed by atoms with van der Waals surface area (Å²) in [5, 5.41) is 18.8. The summed E-state index contributed by atoms with van der Waals surface area (Å²) in [4.78, 5) is 4.49. The second-order valence-electron chi connectivity index (χ2n) is 4.88. The van der Waals surface area contributed by atoms with Crippen molar-refractivity contribution in [3.8, 4) is 6.07 Å². The normalized spacial score (nSPS) is 21.4. The number of rotatable bonds is 7. The fraction of sp³-hybridized carbons (Fsp3) is 0.923. The van der Waals surface area contributed by atoms with Gasteiger partial charge in [0.25, 0.3) is 0 Å². The van der Waals surface area contributed by atoms with E-state index in [1.54, 1.807) is 7.11 Å². The molecule has 0 saturated carbocycles. The molecule has 0 spiro atoms. The second-order valence-corrected chi connectivity index (χ2v) is 4.88. The van der Waals surface area contributed by atoms with E-state index in [2.05, 4.69) is 22.8 Å². The standard InChI is InChI=1S/C13H25N3O2/c1-3-4-12(9-14)16-7-5-15(6-8-16)10-13(17)11-18-2/h12-13,17H,3-8,10-11H2,1-2H3. The molecule has 0 aliphatic carbocycles. The van der Waals surface area contributed by atoms with E-state index in [9.17, 15) is 5.11 Å². The van der Waals surface area contributed by atoms with Gasteiger partial charge in [-0.05, 0) is 6.42 Å². The molecule has 1 fully saturated rings. The summed E-state index contributed by atoms with van der Waals surface area (Å²) in [6.07, 6.45) is 1.58. The summed E-state index contributed by atoms with van der Waals surface area (Å²) < 4.78 is 4.92. The van der Waals surface area contributed by atoms with Crippen LogP contribution in [0.4, 0.5) is 0 Å². The molecule has 2 atom stereocenters. The molecular formula is C13H25N3O2. The monoisotopic (exact) mass is 255 g/mol. The molecule has 0 radical (unpaired) electrons. The lowest BCUT2D eigenvalue weighted by Gasteiger charge is -2.37. The molecule has 1 heterocycles. The molecule has 0 aromatic carbocycles. The number of piperazine rings is 1. The van der Waals surface area contributed by atoms with Gasteiger partial charge in [-0.25, -0.2) is 0 Å². The maximum Gasteiger partial charge on any atom is 0.0978 e. The average molecular weight is 255 g/mol. The van der Waals surface area contributed by atoms with Crippen molar-refractivity contribution >= 4 is 0 Å². The molecule has 5 heteroatoms. The van der Waals surface area contributed by atoms with Crippen LogP contribution in [-0.4, -0.2) is 73.5 Å². The van der Waals surface area contributed by atoms with Crippen molar-refractivity contribution in [1.29, 1.82) is 5.26 Å². The summed E-state index contributed by atoms with van der Waals surface area (Å²) in [7, 11) is 1.60. The maximum atomic E-state index is 9.67. The van der Waals surface area contributed by atoms with Gasteiger partial charge in [0, 0.05) is 39.8 Å². The summed E-state index contributed by atoms with van der Waals surface area (Å²) in [6, 6.07) is 2.44. The number of nitrogens with zero attached hydrogens (tertiary/aromatic N) is 3. The van der Waals surface area contributed by atoms with Crippen LogP contribution in [0.2, 0.25) is 0 Å². The molecule has 1 aliphatic heterocycles. The quantitative estimate of drug-likeness (QED) is 0.709. The van der Waals surface area contributed by atoms with Crippen LogP contribution in [0.1, 0.15) is 19.8 Å². The van der Waals surface area contributed by atoms with Crippen LogP contribution in [0, 0.1) is 11.3 Å². The van der Waals surface area contributed by atoms with Crippen molar-refractivity contribution in [3.63, 3.8) is 0 Å². The smallest absolute Gasteiger partial charge is 0.0978 e. The Labute approximate surface area is 110 Å². The van der Waals surface area contributed by atoms with Crippen LogP contribution in [-0.2, 0) is 4.74 Å². The van der Waals surface area contributed by atoms with E-state index in [0.29, 0.717) is 13.2 Å². The first kappa shape index (κ1) is 15.4. The molecule has 1 saturated heterocycles. The number of ether oxygens (including phenoxy) is 1. The Bertz CT molecular complexity index is 259. The topological polar surface area (TPSA) is 59.7 Å².